The third-order valence-corrected chi connectivity index (χ3v) is 2.20. The fourth-order valence-electron chi connectivity index (χ4n) is 1.53. The van der Waals surface area contributed by atoms with Crippen molar-refractivity contribution in [2.24, 2.45) is 0 Å². The highest BCUT2D eigenvalue weighted by molar-refractivity contribution is 6.06. The summed E-state index contributed by atoms with van der Waals surface area (Å²) >= 11 is 0. The van der Waals surface area contributed by atoms with Crippen molar-refractivity contribution in [2.75, 3.05) is 5.73 Å². The van der Waals surface area contributed by atoms with Crippen LogP contribution in [0.2, 0.25) is 0 Å². The fourth-order valence-corrected chi connectivity index (χ4v) is 1.53. The lowest BCUT2D eigenvalue weighted by Gasteiger charge is -2.09. The van der Waals surface area contributed by atoms with Gasteiger partial charge in [0.2, 0.25) is 0 Å². The summed E-state index contributed by atoms with van der Waals surface area (Å²) in [5.74, 6) is -0.451. The maximum atomic E-state index is 11.8. The summed E-state index contributed by atoms with van der Waals surface area (Å²) < 4.78 is 10.4. The van der Waals surface area contributed by atoms with E-state index < -0.39 is 5.97 Å². The highest BCUT2D eigenvalue weighted by Crippen LogP contribution is 2.26. The van der Waals surface area contributed by atoms with E-state index in [-0.39, 0.29) is 6.10 Å². The molecule has 16 heavy (non-hydrogen) atoms. The zero-order chi connectivity index (χ0) is 11.7. The first-order valence-corrected chi connectivity index (χ1v) is 5.06. The van der Waals surface area contributed by atoms with Crippen LogP contribution in [0.3, 0.4) is 0 Å². The molecule has 0 saturated carbocycles. The van der Waals surface area contributed by atoms with Gasteiger partial charge < -0.3 is 14.9 Å². The number of carbonyl (C=O) groups is 1. The van der Waals surface area contributed by atoms with Crippen LogP contribution in [0.1, 0.15) is 24.2 Å². The third kappa shape index (κ3) is 1.74. The highest BCUT2D eigenvalue weighted by Gasteiger charge is 2.18. The second-order valence-corrected chi connectivity index (χ2v) is 3.82. The molecular weight excluding hydrogens is 206 g/mol. The molecule has 2 N–H and O–H groups in total. The van der Waals surface area contributed by atoms with Crippen LogP contribution in [0.15, 0.2) is 28.9 Å². The Kier molecular flexibility index (Phi) is 2.56. The monoisotopic (exact) mass is 219 g/mol. The minimum atomic E-state index is -0.451. The largest absolute Gasteiger partial charge is 0.463 e. The summed E-state index contributed by atoms with van der Waals surface area (Å²) in [6.45, 7) is 3.58. The highest BCUT2D eigenvalue weighted by atomic mass is 16.5. The number of nitrogen functional groups attached to an aromatic ring is 1. The van der Waals surface area contributed by atoms with E-state index in [1.807, 2.05) is 0 Å². The molecule has 0 aliphatic heterocycles. The summed E-state index contributed by atoms with van der Waals surface area (Å²) in [5.41, 5.74) is 6.91. The molecule has 0 spiro atoms. The summed E-state index contributed by atoms with van der Waals surface area (Å²) in [6, 6.07) is 5.26. The van der Waals surface area contributed by atoms with Crippen LogP contribution >= 0.6 is 0 Å². The van der Waals surface area contributed by atoms with Gasteiger partial charge in [0.15, 0.2) is 0 Å². The van der Waals surface area contributed by atoms with Crippen molar-refractivity contribution in [1.29, 1.82) is 0 Å². The van der Waals surface area contributed by atoms with Gasteiger partial charge in [-0.25, -0.2) is 4.79 Å². The standard InChI is InChI=1S/C12H13NO3/c1-7(2)16-12(14)10-9(13)4-3-8-5-6-15-11(8)10/h3-7H,13H2,1-2H3. The molecule has 0 bridgehead atoms. The van der Waals surface area contributed by atoms with Crippen LogP contribution in [0.25, 0.3) is 11.0 Å². The number of fused-ring (bicyclic) bond motifs is 1. The molecule has 0 aliphatic carbocycles. The SMILES string of the molecule is CC(C)OC(=O)c1c(N)ccc2ccoc12. The summed E-state index contributed by atoms with van der Waals surface area (Å²) in [6.07, 6.45) is 1.34. The van der Waals surface area contributed by atoms with Crippen molar-refractivity contribution < 1.29 is 13.9 Å². The summed E-state index contributed by atoms with van der Waals surface area (Å²) in [5, 5.41) is 0.838. The number of anilines is 1. The predicted molar refractivity (Wildman–Crippen MR) is 61.2 cm³/mol. The Bertz CT molecular complexity index is 528. The van der Waals surface area contributed by atoms with Crippen LogP contribution in [0.5, 0.6) is 0 Å². The quantitative estimate of drug-likeness (QED) is 0.622. The first-order chi connectivity index (χ1) is 7.59. The van der Waals surface area contributed by atoms with Gasteiger partial charge in [-0.2, -0.15) is 0 Å². The van der Waals surface area contributed by atoms with E-state index in [0.717, 1.165) is 5.39 Å². The lowest BCUT2D eigenvalue weighted by Crippen LogP contribution is -2.13. The lowest BCUT2D eigenvalue weighted by atomic mass is 10.1. The van der Waals surface area contributed by atoms with Crippen molar-refractivity contribution in [3.63, 3.8) is 0 Å². The van der Waals surface area contributed by atoms with E-state index in [9.17, 15) is 4.79 Å². The summed E-state index contributed by atoms with van der Waals surface area (Å²) in [4.78, 5) is 11.8. The Morgan fingerprint density at radius 1 is 1.38 bits per heavy atom. The van der Waals surface area contributed by atoms with E-state index in [1.54, 1.807) is 32.0 Å². The van der Waals surface area contributed by atoms with Gasteiger partial charge in [-0.05, 0) is 32.0 Å². The second-order valence-electron chi connectivity index (χ2n) is 3.82. The zero-order valence-electron chi connectivity index (χ0n) is 9.19. The van der Waals surface area contributed by atoms with Crippen LogP contribution in [0.4, 0.5) is 5.69 Å². The minimum Gasteiger partial charge on any atom is -0.463 e. The number of rotatable bonds is 2. The fraction of sp³-hybridized carbons (Fsp3) is 0.250. The molecule has 84 valence electrons. The van der Waals surface area contributed by atoms with Gasteiger partial charge >= 0.3 is 5.97 Å². The number of hydrogen-bond acceptors (Lipinski definition) is 4. The number of benzene rings is 1. The first-order valence-electron chi connectivity index (χ1n) is 5.06. The third-order valence-electron chi connectivity index (χ3n) is 2.20. The average molecular weight is 219 g/mol. The van der Waals surface area contributed by atoms with Gasteiger partial charge in [0.1, 0.15) is 11.1 Å². The molecule has 0 fully saturated rings. The van der Waals surface area contributed by atoms with Gasteiger partial charge in [-0.15, -0.1) is 0 Å². The maximum Gasteiger partial charge on any atom is 0.344 e. The number of hydrogen-bond donors (Lipinski definition) is 1. The molecule has 0 saturated heterocycles. The van der Waals surface area contributed by atoms with Crippen molar-refractivity contribution in [3.8, 4) is 0 Å². The van der Waals surface area contributed by atoms with Gasteiger partial charge in [-0.1, -0.05) is 0 Å². The average Bonchev–Trinajstić information content (AvgIpc) is 2.63. The molecule has 2 aromatic rings. The van der Waals surface area contributed by atoms with Crippen LogP contribution in [-0.4, -0.2) is 12.1 Å². The Balaban J connectivity index is 2.53. The van der Waals surface area contributed by atoms with Gasteiger partial charge in [0.05, 0.1) is 12.4 Å². The van der Waals surface area contributed by atoms with Crippen molar-refractivity contribution in [2.45, 2.75) is 20.0 Å². The van der Waals surface area contributed by atoms with Gasteiger partial charge in [-0.3, -0.25) is 0 Å². The molecule has 0 aliphatic rings. The van der Waals surface area contributed by atoms with Crippen LogP contribution in [0, 0.1) is 0 Å². The number of ether oxygens (including phenoxy) is 1. The van der Waals surface area contributed by atoms with Crippen LogP contribution in [-0.2, 0) is 4.74 Å². The second kappa shape index (κ2) is 3.89. The van der Waals surface area contributed by atoms with Crippen molar-refractivity contribution >= 4 is 22.6 Å². The number of nitrogens with two attached hydrogens (primary N) is 1. The molecule has 0 amide bonds. The number of furan rings is 1. The van der Waals surface area contributed by atoms with E-state index in [1.165, 1.54) is 6.26 Å². The Morgan fingerprint density at radius 2 is 2.12 bits per heavy atom. The maximum absolute atomic E-state index is 11.8. The zero-order valence-corrected chi connectivity index (χ0v) is 9.19. The molecule has 1 heterocycles. The molecule has 0 radical (unpaired) electrons. The van der Waals surface area contributed by atoms with Crippen molar-refractivity contribution in [1.82, 2.24) is 0 Å². The van der Waals surface area contributed by atoms with E-state index in [2.05, 4.69) is 0 Å². The molecule has 1 aromatic heterocycles. The van der Waals surface area contributed by atoms with E-state index >= 15 is 0 Å². The first kappa shape index (κ1) is 10.5. The smallest absolute Gasteiger partial charge is 0.344 e. The normalized spacial score (nSPS) is 10.9. The minimum absolute atomic E-state index is 0.183. The Morgan fingerprint density at radius 3 is 2.81 bits per heavy atom. The topological polar surface area (TPSA) is 65.5 Å². The Labute approximate surface area is 93.0 Å². The molecule has 0 unspecified atom stereocenters. The molecule has 4 nitrogen and oxygen atoms in total. The number of carbonyl (C=O) groups excluding carboxylic acids is 1. The summed E-state index contributed by atoms with van der Waals surface area (Å²) in [7, 11) is 0. The molecular formula is C12H13NO3. The molecule has 0 atom stereocenters. The molecule has 2 rings (SSSR count). The van der Waals surface area contributed by atoms with Gasteiger partial charge in [0.25, 0.3) is 0 Å². The molecule has 4 heteroatoms. The lowest BCUT2D eigenvalue weighted by molar-refractivity contribution is 0.0380. The Hall–Kier alpha value is -1.97. The van der Waals surface area contributed by atoms with Crippen molar-refractivity contribution in [3.05, 3.63) is 30.0 Å². The van der Waals surface area contributed by atoms with E-state index in [4.69, 9.17) is 14.9 Å². The van der Waals surface area contributed by atoms with Crippen LogP contribution < -0.4 is 5.73 Å². The van der Waals surface area contributed by atoms with E-state index in [0.29, 0.717) is 16.8 Å². The number of esters is 1. The predicted octanol–water partition coefficient (Wildman–Crippen LogP) is 2.58. The van der Waals surface area contributed by atoms with Gasteiger partial charge in [0, 0.05) is 11.1 Å². The molecule has 1 aromatic carbocycles.